The summed E-state index contributed by atoms with van der Waals surface area (Å²) in [6.45, 7) is 7.42. The van der Waals surface area contributed by atoms with Gasteiger partial charge in [0.15, 0.2) is 0 Å². The highest BCUT2D eigenvalue weighted by molar-refractivity contribution is 5.78. The van der Waals surface area contributed by atoms with Crippen LogP contribution in [0.3, 0.4) is 0 Å². The molecule has 0 amide bonds. The largest absolute Gasteiger partial charge is 0.332 e. The van der Waals surface area contributed by atoms with E-state index in [9.17, 15) is 4.79 Å². The second-order valence-electron chi connectivity index (χ2n) is 8.12. The summed E-state index contributed by atoms with van der Waals surface area (Å²) < 4.78 is 0. The summed E-state index contributed by atoms with van der Waals surface area (Å²) in [6.07, 6.45) is 10.8. The van der Waals surface area contributed by atoms with Gasteiger partial charge in [0.05, 0.1) is 0 Å². The number of piperazine rings is 1. The van der Waals surface area contributed by atoms with Crippen molar-refractivity contribution in [2.24, 2.45) is 5.92 Å². The van der Waals surface area contributed by atoms with E-state index in [1.807, 2.05) is 12.4 Å². The molecule has 0 aromatic carbocycles. The van der Waals surface area contributed by atoms with Crippen LogP contribution in [0.1, 0.15) is 63.9 Å². The predicted molar refractivity (Wildman–Crippen MR) is 98.8 cm³/mol. The van der Waals surface area contributed by atoms with Crippen LogP contribution >= 0.6 is 0 Å². The number of aromatic nitrogens is 2. The molecule has 2 unspecified atom stereocenters. The maximum Gasteiger partial charge on any atom is 0.225 e. The Kier molecular flexibility index (Phi) is 4.76. The molecule has 1 saturated carbocycles. The average Bonchev–Trinajstić information content (AvgIpc) is 2.91. The normalized spacial score (nSPS) is 32.8. The lowest BCUT2D eigenvalue weighted by Gasteiger charge is -2.40. The number of hydrogen-bond donors (Lipinski definition) is 0. The number of likely N-dealkylation sites (N-methyl/N-ethyl adjacent to an activating group) is 1. The van der Waals surface area contributed by atoms with Crippen molar-refractivity contribution in [1.82, 2.24) is 14.9 Å². The Morgan fingerprint density at radius 3 is 2.16 bits per heavy atom. The third-order valence-electron chi connectivity index (χ3n) is 6.67. The summed E-state index contributed by atoms with van der Waals surface area (Å²) in [7, 11) is 0. The lowest BCUT2D eigenvalue weighted by Crippen LogP contribution is -2.54. The minimum absolute atomic E-state index is 0.280. The van der Waals surface area contributed by atoms with Crippen molar-refractivity contribution >= 4 is 11.7 Å². The van der Waals surface area contributed by atoms with Gasteiger partial charge < -0.3 is 4.90 Å². The lowest BCUT2D eigenvalue weighted by molar-refractivity contribution is -0.121. The Morgan fingerprint density at radius 2 is 1.64 bits per heavy atom. The summed E-state index contributed by atoms with van der Waals surface area (Å²) in [5.74, 6) is 2.08. The lowest BCUT2D eigenvalue weighted by atomic mass is 9.78. The molecule has 3 aliphatic rings. The third-order valence-corrected chi connectivity index (χ3v) is 6.67. The van der Waals surface area contributed by atoms with Gasteiger partial charge in [0.1, 0.15) is 5.78 Å². The van der Waals surface area contributed by atoms with Crippen LogP contribution in [0.25, 0.3) is 0 Å². The molecule has 1 aliphatic carbocycles. The molecule has 5 nitrogen and oxygen atoms in total. The molecular weight excluding hydrogens is 312 g/mol. The van der Waals surface area contributed by atoms with E-state index in [0.29, 0.717) is 23.8 Å². The number of Topliss-reactive ketones (excluding diaryl/α,β-unsaturated/α-hetero) is 1. The molecule has 0 spiro atoms. The van der Waals surface area contributed by atoms with E-state index in [0.717, 1.165) is 51.3 Å². The van der Waals surface area contributed by atoms with Crippen molar-refractivity contribution in [3.8, 4) is 0 Å². The molecular formula is C20H30N4O. The van der Waals surface area contributed by atoms with Gasteiger partial charge in [0, 0.05) is 43.5 Å². The first kappa shape index (κ1) is 17.0. The molecule has 0 N–H and O–H groups in total. The Labute approximate surface area is 150 Å². The van der Waals surface area contributed by atoms with Crippen molar-refractivity contribution in [2.75, 3.05) is 24.5 Å². The first-order valence-electron chi connectivity index (χ1n) is 9.98. The van der Waals surface area contributed by atoms with Gasteiger partial charge in [0.2, 0.25) is 5.95 Å². The van der Waals surface area contributed by atoms with E-state index in [1.165, 1.54) is 18.4 Å². The van der Waals surface area contributed by atoms with Crippen molar-refractivity contribution in [3.05, 3.63) is 18.0 Å². The van der Waals surface area contributed by atoms with Crippen molar-refractivity contribution < 1.29 is 4.79 Å². The molecule has 1 aromatic heterocycles. The highest BCUT2D eigenvalue weighted by Crippen LogP contribution is 2.37. The summed E-state index contributed by atoms with van der Waals surface area (Å²) in [5, 5.41) is 0. The van der Waals surface area contributed by atoms with E-state index >= 15 is 0 Å². The quantitative estimate of drug-likeness (QED) is 0.842. The molecule has 2 aliphatic heterocycles. The van der Waals surface area contributed by atoms with Crippen LogP contribution in [-0.2, 0) is 4.79 Å². The van der Waals surface area contributed by atoms with Crippen molar-refractivity contribution in [3.63, 3.8) is 0 Å². The molecule has 3 heterocycles. The van der Waals surface area contributed by atoms with Gasteiger partial charge in [-0.15, -0.1) is 0 Å². The standard InChI is InChI=1S/C20H30N4O/c1-3-23-12-18-8-9-19(13-23)24(18)20-21-10-17(11-22-20)16-6-4-15(5-7-16)14(2)25/h10-11,15-16,18-19H,3-9,12-13H2,1-2H3/t15-,16-,18?,19?. The van der Waals surface area contributed by atoms with E-state index in [4.69, 9.17) is 9.97 Å². The summed E-state index contributed by atoms with van der Waals surface area (Å²) in [6, 6.07) is 1.16. The molecule has 3 fully saturated rings. The van der Waals surface area contributed by atoms with Crippen LogP contribution in [0.2, 0.25) is 0 Å². The topological polar surface area (TPSA) is 49.3 Å². The van der Waals surface area contributed by atoms with E-state index in [2.05, 4.69) is 16.7 Å². The molecule has 136 valence electrons. The first-order valence-corrected chi connectivity index (χ1v) is 9.98. The molecule has 1 aromatic rings. The Morgan fingerprint density at radius 1 is 1.04 bits per heavy atom. The van der Waals surface area contributed by atoms with Gasteiger partial charge in [-0.2, -0.15) is 0 Å². The third kappa shape index (κ3) is 3.31. The molecule has 25 heavy (non-hydrogen) atoms. The molecule has 5 heteroatoms. The zero-order valence-electron chi connectivity index (χ0n) is 15.5. The zero-order chi connectivity index (χ0) is 17.4. The van der Waals surface area contributed by atoms with Crippen LogP contribution < -0.4 is 4.90 Å². The second kappa shape index (κ2) is 7.02. The number of rotatable bonds is 4. The molecule has 4 rings (SSSR count). The van der Waals surface area contributed by atoms with Gasteiger partial charge in [-0.3, -0.25) is 9.69 Å². The van der Waals surface area contributed by atoms with Crippen LogP contribution in [-0.4, -0.2) is 52.4 Å². The SMILES string of the molecule is CCN1CC2CCC(C1)N2c1ncc([C@H]2CC[C@H](C(C)=O)CC2)cn1. The van der Waals surface area contributed by atoms with Crippen LogP contribution in [0, 0.1) is 5.92 Å². The second-order valence-corrected chi connectivity index (χ2v) is 8.12. The highest BCUT2D eigenvalue weighted by atomic mass is 16.1. The summed E-state index contributed by atoms with van der Waals surface area (Å²) >= 11 is 0. The minimum Gasteiger partial charge on any atom is -0.332 e. The number of likely N-dealkylation sites (tertiary alicyclic amines) is 1. The molecule has 0 radical (unpaired) electrons. The number of fused-ring (bicyclic) bond motifs is 2. The van der Waals surface area contributed by atoms with Gasteiger partial charge in [0.25, 0.3) is 0 Å². The highest BCUT2D eigenvalue weighted by Gasteiger charge is 2.40. The number of hydrogen-bond acceptors (Lipinski definition) is 5. The predicted octanol–water partition coefficient (Wildman–Crippen LogP) is 3.01. The number of anilines is 1. The number of carbonyl (C=O) groups excluding carboxylic acids is 1. The van der Waals surface area contributed by atoms with Crippen molar-refractivity contribution in [1.29, 1.82) is 0 Å². The monoisotopic (exact) mass is 342 g/mol. The van der Waals surface area contributed by atoms with Crippen LogP contribution in [0.5, 0.6) is 0 Å². The fourth-order valence-corrected chi connectivity index (χ4v) is 5.08. The van der Waals surface area contributed by atoms with E-state index in [1.54, 1.807) is 6.92 Å². The van der Waals surface area contributed by atoms with Crippen LogP contribution in [0.4, 0.5) is 5.95 Å². The molecule has 2 bridgehead atoms. The van der Waals surface area contributed by atoms with Gasteiger partial charge in [-0.1, -0.05) is 6.92 Å². The minimum atomic E-state index is 0.280. The van der Waals surface area contributed by atoms with Gasteiger partial charge in [-0.25, -0.2) is 9.97 Å². The maximum atomic E-state index is 11.5. The van der Waals surface area contributed by atoms with E-state index < -0.39 is 0 Å². The summed E-state index contributed by atoms with van der Waals surface area (Å²) in [4.78, 5) is 26.1. The smallest absolute Gasteiger partial charge is 0.225 e. The number of nitrogens with zero attached hydrogens (tertiary/aromatic N) is 4. The first-order chi connectivity index (χ1) is 12.2. The average molecular weight is 342 g/mol. The number of carbonyl (C=O) groups is 1. The van der Waals surface area contributed by atoms with Crippen molar-refractivity contribution in [2.45, 2.75) is 70.4 Å². The van der Waals surface area contributed by atoms with Gasteiger partial charge >= 0.3 is 0 Å². The maximum absolute atomic E-state index is 11.5. The Bertz CT molecular complexity index is 595. The number of ketones is 1. The molecule has 2 atom stereocenters. The van der Waals surface area contributed by atoms with E-state index in [-0.39, 0.29) is 5.92 Å². The van der Waals surface area contributed by atoms with Gasteiger partial charge in [-0.05, 0) is 63.5 Å². The van der Waals surface area contributed by atoms with Crippen LogP contribution in [0.15, 0.2) is 12.4 Å². The Balaban J connectivity index is 1.42. The summed E-state index contributed by atoms with van der Waals surface area (Å²) in [5.41, 5.74) is 1.25. The molecule has 2 saturated heterocycles. The fourth-order valence-electron chi connectivity index (χ4n) is 5.08. The Hall–Kier alpha value is -1.49. The fraction of sp³-hybridized carbons (Fsp3) is 0.750. The zero-order valence-corrected chi connectivity index (χ0v) is 15.5.